The third-order valence-corrected chi connectivity index (χ3v) is 10.2. The average Bonchev–Trinajstić information content (AvgIpc) is 3.90. The number of aromatic amines is 2. The van der Waals surface area contributed by atoms with Gasteiger partial charge in [0.1, 0.15) is 28.5 Å². The van der Waals surface area contributed by atoms with Crippen molar-refractivity contribution in [2.45, 2.75) is 111 Å². The normalized spacial score (nSPS) is 23.3. The third kappa shape index (κ3) is 7.40. The molecule has 0 unspecified atom stereocenters. The number of halogens is 1. The molecule has 2 aliphatic rings. The van der Waals surface area contributed by atoms with Crippen LogP contribution in [0.5, 0.6) is 0 Å². The van der Waals surface area contributed by atoms with E-state index >= 15 is 4.39 Å². The number of amides is 2. The van der Waals surface area contributed by atoms with Crippen LogP contribution in [0.4, 0.5) is 14.0 Å². The Hall–Kier alpha value is -5.33. The van der Waals surface area contributed by atoms with Gasteiger partial charge >= 0.3 is 12.2 Å². The highest BCUT2D eigenvalue weighted by Crippen LogP contribution is 2.42. The van der Waals surface area contributed by atoms with Gasteiger partial charge in [-0.15, -0.1) is 0 Å². The highest BCUT2D eigenvalue weighted by Gasteiger charge is 2.46. The van der Waals surface area contributed by atoms with Crippen LogP contribution in [-0.4, -0.2) is 75.4 Å². The zero-order valence-electron chi connectivity index (χ0n) is 32.3. The fourth-order valence-corrected chi connectivity index (χ4v) is 7.33. The van der Waals surface area contributed by atoms with Crippen molar-refractivity contribution in [2.24, 2.45) is 11.8 Å². The maximum absolute atomic E-state index is 15.2. The van der Waals surface area contributed by atoms with Crippen molar-refractivity contribution in [3.05, 3.63) is 72.7 Å². The zero-order chi connectivity index (χ0) is 38.7. The Morgan fingerprint density at radius 1 is 0.685 bits per heavy atom. The second-order valence-electron chi connectivity index (χ2n) is 16.7. The Morgan fingerprint density at radius 3 is 1.87 bits per heavy atom. The van der Waals surface area contributed by atoms with Crippen molar-refractivity contribution in [3.8, 4) is 33.8 Å². The first-order valence-electron chi connectivity index (χ1n) is 18.6. The lowest BCUT2D eigenvalue weighted by molar-refractivity contribution is -0.00679. The molecule has 0 spiro atoms. The van der Waals surface area contributed by atoms with Crippen LogP contribution >= 0.6 is 0 Å². The summed E-state index contributed by atoms with van der Waals surface area (Å²) in [5, 5.41) is 0. The van der Waals surface area contributed by atoms with Crippen molar-refractivity contribution >= 4 is 23.2 Å². The Morgan fingerprint density at radius 2 is 1.22 bits per heavy atom. The standard InChI is InChI=1S/C41H49FN8O4/c1-22-16-33(49(24(22)3)38(51)53-40(4,5)6)36-44-19-30(47-36)26-12-10-25(11-13-26)27-14-15-28-29(18-27)43-20-31(46-28)32-21-45-37(48-32)34-17-23(2)35(42)50(34)39(52)54-41(7,8)9/h10-15,18-24,33-35H,16-17H2,1-9H3,(H,44,47)(H,45,48)/t22-,23-,24-,33+,34+,35+/m1/s1. The summed E-state index contributed by atoms with van der Waals surface area (Å²) in [6.45, 7) is 16.9. The van der Waals surface area contributed by atoms with E-state index in [-0.39, 0.29) is 24.1 Å². The lowest BCUT2D eigenvalue weighted by atomic mass is 10.0. The third-order valence-electron chi connectivity index (χ3n) is 10.2. The van der Waals surface area contributed by atoms with E-state index in [1.165, 1.54) is 0 Å². The number of aromatic nitrogens is 6. The van der Waals surface area contributed by atoms with Crippen LogP contribution < -0.4 is 0 Å². The number of nitrogens with zero attached hydrogens (tertiary/aromatic N) is 6. The van der Waals surface area contributed by atoms with Gasteiger partial charge in [0, 0.05) is 12.0 Å². The molecule has 54 heavy (non-hydrogen) atoms. The number of likely N-dealkylation sites (tertiary alicyclic amines) is 2. The lowest BCUT2D eigenvalue weighted by Gasteiger charge is -2.31. The molecule has 2 N–H and O–H groups in total. The molecule has 6 atom stereocenters. The molecule has 0 aliphatic carbocycles. The molecule has 7 rings (SSSR count). The summed E-state index contributed by atoms with van der Waals surface area (Å²) in [7, 11) is 0. The first-order valence-corrected chi connectivity index (χ1v) is 18.6. The Bertz CT molecular complexity index is 2170. The molecule has 284 valence electrons. The first kappa shape index (κ1) is 37.0. The summed E-state index contributed by atoms with van der Waals surface area (Å²) in [5.41, 5.74) is 5.17. The Kier molecular flexibility index (Phi) is 9.47. The van der Waals surface area contributed by atoms with E-state index in [1.54, 1.807) is 40.1 Å². The molecule has 0 radical (unpaired) electrons. The van der Waals surface area contributed by atoms with Crippen LogP contribution in [-0.2, 0) is 9.47 Å². The summed E-state index contributed by atoms with van der Waals surface area (Å²) in [6.07, 6.45) is 3.85. The number of carbonyl (C=O) groups excluding carboxylic acids is 2. The fourth-order valence-electron chi connectivity index (χ4n) is 7.33. The van der Waals surface area contributed by atoms with Crippen LogP contribution in [0.15, 0.2) is 61.1 Å². The van der Waals surface area contributed by atoms with E-state index in [2.05, 4.69) is 40.9 Å². The SMILES string of the molecule is C[C@@H]1C[C@@H](c2ncc(-c3ccc(-c4ccc5nc(-c6cnc([C@@H]7C[C@@H](C)[C@@H](F)N7C(=O)OC(C)(C)C)[nH]6)cnc5c4)cc3)[nH]2)N(C(=O)OC(C)(C)C)[C@@H]1C. The second-order valence-corrected chi connectivity index (χ2v) is 16.7. The molecule has 5 heterocycles. The van der Waals surface area contributed by atoms with Crippen LogP contribution in [0, 0.1) is 11.8 Å². The Balaban J connectivity index is 1.06. The van der Waals surface area contributed by atoms with Crippen LogP contribution in [0.1, 0.15) is 98.9 Å². The monoisotopic (exact) mass is 736 g/mol. The minimum absolute atomic E-state index is 0.0327. The van der Waals surface area contributed by atoms with Gasteiger partial charge in [0.2, 0.25) is 0 Å². The largest absolute Gasteiger partial charge is 0.444 e. The van der Waals surface area contributed by atoms with Crippen molar-refractivity contribution in [3.63, 3.8) is 0 Å². The number of carbonyl (C=O) groups is 2. The van der Waals surface area contributed by atoms with Gasteiger partial charge in [0.15, 0.2) is 6.30 Å². The molecule has 2 aliphatic heterocycles. The fraction of sp³-hybridized carbons (Fsp3) is 0.463. The van der Waals surface area contributed by atoms with Gasteiger partial charge in [-0.2, -0.15) is 0 Å². The van der Waals surface area contributed by atoms with Gasteiger partial charge in [-0.1, -0.05) is 44.2 Å². The molecule has 12 nitrogen and oxygen atoms in total. The van der Waals surface area contributed by atoms with Gasteiger partial charge in [0.25, 0.3) is 0 Å². The summed E-state index contributed by atoms with van der Waals surface area (Å²) in [6, 6.07) is 13.4. The maximum Gasteiger partial charge on any atom is 0.413 e. The molecule has 0 bridgehead atoms. The number of fused-ring (bicyclic) bond motifs is 1. The van der Waals surface area contributed by atoms with Gasteiger partial charge in [0.05, 0.1) is 53.1 Å². The van der Waals surface area contributed by atoms with Gasteiger partial charge < -0.3 is 19.4 Å². The number of H-pyrrole nitrogens is 2. The van der Waals surface area contributed by atoms with Crippen molar-refractivity contribution in [2.75, 3.05) is 0 Å². The van der Waals surface area contributed by atoms with E-state index in [1.807, 2.05) is 62.2 Å². The summed E-state index contributed by atoms with van der Waals surface area (Å²) < 4.78 is 26.4. The number of imidazole rings is 2. The minimum Gasteiger partial charge on any atom is -0.444 e. The second kappa shape index (κ2) is 13.8. The molecule has 2 aromatic carbocycles. The quantitative estimate of drug-likeness (QED) is 0.170. The summed E-state index contributed by atoms with van der Waals surface area (Å²) in [4.78, 5) is 54.6. The number of alkyl halides is 1. The molecule has 0 saturated carbocycles. The molecular weight excluding hydrogens is 688 g/mol. The smallest absolute Gasteiger partial charge is 0.413 e. The van der Waals surface area contributed by atoms with Crippen LogP contribution in [0.3, 0.4) is 0 Å². The number of ether oxygens (including phenoxy) is 2. The number of hydrogen-bond acceptors (Lipinski definition) is 8. The van der Waals surface area contributed by atoms with Crippen LogP contribution in [0.2, 0.25) is 0 Å². The van der Waals surface area contributed by atoms with Crippen LogP contribution in [0.25, 0.3) is 44.8 Å². The topological polar surface area (TPSA) is 142 Å². The molecule has 2 saturated heterocycles. The predicted octanol–water partition coefficient (Wildman–Crippen LogP) is 9.40. The van der Waals surface area contributed by atoms with Gasteiger partial charge in [-0.25, -0.2) is 28.9 Å². The minimum atomic E-state index is -1.48. The summed E-state index contributed by atoms with van der Waals surface area (Å²) in [5.74, 6) is 1.16. The predicted molar refractivity (Wildman–Crippen MR) is 204 cm³/mol. The van der Waals surface area contributed by atoms with Crippen molar-refractivity contribution < 1.29 is 23.5 Å². The van der Waals surface area contributed by atoms with Gasteiger partial charge in [-0.05, 0) is 96.0 Å². The molecule has 2 amide bonds. The van der Waals surface area contributed by atoms with Gasteiger partial charge in [-0.3, -0.25) is 14.8 Å². The first-order chi connectivity index (χ1) is 25.5. The maximum atomic E-state index is 15.2. The number of rotatable bonds is 5. The highest BCUT2D eigenvalue weighted by molar-refractivity contribution is 5.83. The van der Waals surface area contributed by atoms with E-state index < -0.39 is 29.6 Å². The molecule has 5 aromatic rings. The van der Waals surface area contributed by atoms with E-state index in [0.29, 0.717) is 35.1 Å². The lowest BCUT2D eigenvalue weighted by Crippen LogP contribution is -2.41. The molecule has 2 fully saturated rings. The van der Waals surface area contributed by atoms with Crippen molar-refractivity contribution in [1.82, 2.24) is 39.7 Å². The number of benzene rings is 2. The molecule has 13 heteroatoms. The van der Waals surface area contributed by atoms with E-state index in [0.717, 1.165) is 45.0 Å². The molecule has 3 aromatic heterocycles. The van der Waals surface area contributed by atoms with E-state index in [9.17, 15) is 9.59 Å². The Labute approximate surface area is 314 Å². The average molecular weight is 737 g/mol. The molecular formula is C41H49FN8O4. The highest BCUT2D eigenvalue weighted by atomic mass is 19.1. The van der Waals surface area contributed by atoms with E-state index in [4.69, 9.17) is 24.4 Å². The number of hydrogen-bond donors (Lipinski definition) is 2. The zero-order valence-corrected chi connectivity index (χ0v) is 32.3. The van der Waals surface area contributed by atoms with Crippen molar-refractivity contribution in [1.29, 1.82) is 0 Å². The summed E-state index contributed by atoms with van der Waals surface area (Å²) >= 11 is 0. The number of nitrogens with one attached hydrogen (secondary N) is 2.